The van der Waals surface area contributed by atoms with E-state index in [9.17, 15) is 5.11 Å². The Kier molecular flexibility index (Phi) is 1.72. The number of hydrogen-bond acceptors (Lipinski definition) is 2. The molecule has 0 bridgehead atoms. The predicted octanol–water partition coefficient (Wildman–Crippen LogP) is 2.07. The van der Waals surface area contributed by atoms with E-state index in [-0.39, 0.29) is 0 Å². The molecule has 0 fully saturated rings. The van der Waals surface area contributed by atoms with Gasteiger partial charge in [-0.05, 0) is 32.0 Å². The van der Waals surface area contributed by atoms with Gasteiger partial charge in [0.1, 0.15) is 5.75 Å². The summed E-state index contributed by atoms with van der Waals surface area (Å²) in [5.41, 5.74) is 2.05. The number of phenolic OH excluding ortho intramolecular Hbond substituents is 1. The SMILES string of the molecule is CCn1nc(C)c2cc(O)ccc21. The molecule has 1 aromatic heterocycles. The average Bonchev–Trinajstić information content (AvgIpc) is 2.43. The molecule has 2 aromatic rings. The lowest BCUT2D eigenvalue weighted by atomic mass is 10.2. The number of fused-ring (bicyclic) bond motifs is 1. The first-order chi connectivity index (χ1) is 6.22. The summed E-state index contributed by atoms with van der Waals surface area (Å²) in [6.07, 6.45) is 0. The third-order valence-electron chi connectivity index (χ3n) is 2.22. The van der Waals surface area contributed by atoms with Gasteiger partial charge in [-0.1, -0.05) is 0 Å². The summed E-state index contributed by atoms with van der Waals surface area (Å²) in [5.74, 6) is 0.297. The van der Waals surface area contributed by atoms with Crippen LogP contribution in [-0.4, -0.2) is 14.9 Å². The van der Waals surface area contributed by atoms with Gasteiger partial charge in [-0.15, -0.1) is 0 Å². The summed E-state index contributed by atoms with van der Waals surface area (Å²) < 4.78 is 1.93. The maximum absolute atomic E-state index is 9.30. The molecular weight excluding hydrogens is 164 g/mol. The van der Waals surface area contributed by atoms with Crippen molar-refractivity contribution >= 4 is 10.9 Å². The van der Waals surface area contributed by atoms with E-state index in [1.165, 1.54) is 0 Å². The molecule has 2 rings (SSSR count). The standard InChI is InChI=1S/C10H12N2O/c1-3-12-10-5-4-8(13)6-9(10)7(2)11-12/h4-6,13H,3H2,1-2H3. The predicted molar refractivity (Wildman–Crippen MR) is 51.8 cm³/mol. The first kappa shape index (κ1) is 8.10. The maximum Gasteiger partial charge on any atom is 0.116 e. The largest absolute Gasteiger partial charge is 0.508 e. The number of nitrogens with zero attached hydrogens (tertiary/aromatic N) is 2. The Morgan fingerprint density at radius 1 is 1.46 bits per heavy atom. The minimum atomic E-state index is 0.297. The number of aryl methyl sites for hydroxylation is 2. The molecule has 3 heteroatoms. The van der Waals surface area contributed by atoms with E-state index < -0.39 is 0 Å². The van der Waals surface area contributed by atoms with Crippen molar-refractivity contribution in [3.8, 4) is 5.75 Å². The molecule has 3 nitrogen and oxygen atoms in total. The Balaban J connectivity index is 2.80. The van der Waals surface area contributed by atoms with Crippen molar-refractivity contribution in [1.29, 1.82) is 0 Å². The number of phenols is 1. The normalized spacial score (nSPS) is 10.9. The molecule has 0 aliphatic heterocycles. The molecule has 0 spiro atoms. The molecule has 1 N–H and O–H groups in total. The van der Waals surface area contributed by atoms with Crippen LogP contribution in [0.25, 0.3) is 10.9 Å². The Labute approximate surface area is 76.6 Å². The van der Waals surface area contributed by atoms with E-state index in [1.807, 2.05) is 17.7 Å². The van der Waals surface area contributed by atoms with Crippen LogP contribution in [0.3, 0.4) is 0 Å². The summed E-state index contributed by atoms with van der Waals surface area (Å²) in [6.45, 7) is 4.86. The van der Waals surface area contributed by atoms with Crippen molar-refractivity contribution in [1.82, 2.24) is 9.78 Å². The molecular formula is C10H12N2O. The van der Waals surface area contributed by atoms with Gasteiger partial charge >= 0.3 is 0 Å². The van der Waals surface area contributed by atoms with Gasteiger partial charge < -0.3 is 5.11 Å². The molecule has 0 atom stereocenters. The minimum absolute atomic E-state index is 0.297. The molecule has 0 radical (unpaired) electrons. The summed E-state index contributed by atoms with van der Waals surface area (Å²) in [7, 11) is 0. The highest BCUT2D eigenvalue weighted by atomic mass is 16.3. The lowest BCUT2D eigenvalue weighted by Gasteiger charge is -1.97. The molecule has 0 aliphatic rings. The lowest BCUT2D eigenvalue weighted by molar-refractivity contribution is 0.476. The first-order valence-electron chi connectivity index (χ1n) is 4.38. The second-order valence-electron chi connectivity index (χ2n) is 3.10. The Hall–Kier alpha value is -1.51. The van der Waals surface area contributed by atoms with Crippen molar-refractivity contribution < 1.29 is 5.11 Å². The van der Waals surface area contributed by atoms with Crippen LogP contribution in [0.4, 0.5) is 0 Å². The van der Waals surface area contributed by atoms with Crippen LogP contribution in [0.2, 0.25) is 0 Å². The summed E-state index contributed by atoms with van der Waals surface area (Å²) in [4.78, 5) is 0. The molecule has 0 unspecified atom stereocenters. The van der Waals surface area contributed by atoms with Gasteiger partial charge in [0.15, 0.2) is 0 Å². The summed E-state index contributed by atoms with van der Waals surface area (Å²) in [6, 6.07) is 5.34. The molecule has 1 aromatic carbocycles. The molecule has 0 amide bonds. The maximum atomic E-state index is 9.30. The molecule has 0 aliphatic carbocycles. The second-order valence-corrected chi connectivity index (χ2v) is 3.10. The van der Waals surface area contributed by atoms with Crippen LogP contribution in [0.5, 0.6) is 5.75 Å². The van der Waals surface area contributed by atoms with E-state index in [2.05, 4.69) is 12.0 Å². The second kappa shape index (κ2) is 2.76. The van der Waals surface area contributed by atoms with Gasteiger partial charge in [-0.25, -0.2) is 0 Å². The van der Waals surface area contributed by atoms with E-state index >= 15 is 0 Å². The Morgan fingerprint density at radius 3 is 2.92 bits per heavy atom. The number of aromatic hydroxyl groups is 1. The molecule has 68 valence electrons. The first-order valence-corrected chi connectivity index (χ1v) is 4.38. The number of rotatable bonds is 1. The van der Waals surface area contributed by atoms with Crippen molar-refractivity contribution in [3.63, 3.8) is 0 Å². The van der Waals surface area contributed by atoms with Crippen molar-refractivity contribution in [2.45, 2.75) is 20.4 Å². The fraction of sp³-hybridized carbons (Fsp3) is 0.300. The number of aromatic nitrogens is 2. The topological polar surface area (TPSA) is 38.0 Å². The van der Waals surface area contributed by atoms with Crippen LogP contribution in [0.1, 0.15) is 12.6 Å². The highest BCUT2D eigenvalue weighted by Crippen LogP contribution is 2.22. The zero-order valence-electron chi connectivity index (χ0n) is 7.78. The van der Waals surface area contributed by atoms with Crippen molar-refractivity contribution in [3.05, 3.63) is 23.9 Å². The van der Waals surface area contributed by atoms with E-state index in [0.717, 1.165) is 23.1 Å². The van der Waals surface area contributed by atoms with Gasteiger partial charge in [0, 0.05) is 11.9 Å². The third-order valence-corrected chi connectivity index (χ3v) is 2.22. The highest BCUT2D eigenvalue weighted by Gasteiger charge is 2.05. The smallest absolute Gasteiger partial charge is 0.116 e. The quantitative estimate of drug-likeness (QED) is 0.722. The zero-order valence-corrected chi connectivity index (χ0v) is 7.78. The molecule has 0 saturated carbocycles. The fourth-order valence-corrected chi connectivity index (χ4v) is 1.57. The van der Waals surface area contributed by atoms with Gasteiger partial charge in [-0.3, -0.25) is 4.68 Å². The van der Waals surface area contributed by atoms with E-state index in [4.69, 9.17) is 0 Å². The average molecular weight is 176 g/mol. The zero-order chi connectivity index (χ0) is 9.42. The molecule has 1 heterocycles. The van der Waals surface area contributed by atoms with Crippen LogP contribution in [0, 0.1) is 6.92 Å². The van der Waals surface area contributed by atoms with Gasteiger partial charge in [0.05, 0.1) is 11.2 Å². The summed E-state index contributed by atoms with van der Waals surface area (Å²) >= 11 is 0. The molecule has 0 saturated heterocycles. The van der Waals surface area contributed by atoms with Crippen molar-refractivity contribution in [2.24, 2.45) is 0 Å². The third kappa shape index (κ3) is 1.16. The van der Waals surface area contributed by atoms with Crippen LogP contribution < -0.4 is 0 Å². The van der Waals surface area contributed by atoms with Gasteiger partial charge in [-0.2, -0.15) is 5.10 Å². The van der Waals surface area contributed by atoms with E-state index in [1.54, 1.807) is 12.1 Å². The van der Waals surface area contributed by atoms with Crippen LogP contribution in [-0.2, 0) is 6.54 Å². The van der Waals surface area contributed by atoms with Gasteiger partial charge in [0.25, 0.3) is 0 Å². The number of hydrogen-bond donors (Lipinski definition) is 1. The summed E-state index contributed by atoms with van der Waals surface area (Å²) in [5, 5.41) is 14.7. The lowest BCUT2D eigenvalue weighted by Crippen LogP contribution is -1.95. The number of benzene rings is 1. The van der Waals surface area contributed by atoms with Crippen LogP contribution in [0.15, 0.2) is 18.2 Å². The Bertz CT molecular complexity index is 445. The highest BCUT2D eigenvalue weighted by molar-refractivity contribution is 5.83. The van der Waals surface area contributed by atoms with Crippen molar-refractivity contribution in [2.75, 3.05) is 0 Å². The molecule has 13 heavy (non-hydrogen) atoms. The van der Waals surface area contributed by atoms with Gasteiger partial charge in [0.2, 0.25) is 0 Å². The minimum Gasteiger partial charge on any atom is -0.508 e. The Morgan fingerprint density at radius 2 is 2.23 bits per heavy atom. The monoisotopic (exact) mass is 176 g/mol. The fourth-order valence-electron chi connectivity index (χ4n) is 1.57. The van der Waals surface area contributed by atoms with E-state index in [0.29, 0.717) is 5.75 Å². The van der Waals surface area contributed by atoms with Crippen LogP contribution >= 0.6 is 0 Å².